The van der Waals surface area contributed by atoms with Crippen molar-refractivity contribution in [3.8, 4) is 0 Å². The molecule has 82 heavy (non-hydrogen) atoms. The third kappa shape index (κ3) is 60.2. The van der Waals surface area contributed by atoms with Gasteiger partial charge >= 0.3 is 25.7 Å². The van der Waals surface area contributed by atoms with Gasteiger partial charge < -0.3 is 24.2 Å². The number of aliphatic hydroxyl groups is 1. The zero-order valence-corrected chi connectivity index (χ0v) is 52.6. The first kappa shape index (κ1) is 77.6. The molecule has 0 spiro atoms. The number of allylic oxidation sites excluding steroid dienone is 22. The summed E-state index contributed by atoms with van der Waals surface area (Å²) in [4.78, 5) is 48.8. The highest BCUT2D eigenvalue weighted by Gasteiger charge is 2.28. The number of ether oxygens (including phenoxy) is 3. The largest absolute Gasteiger partial charge is 0.472 e. The molecule has 0 aromatic carbocycles. The predicted octanol–water partition coefficient (Wildman–Crippen LogP) is 19.7. The zero-order chi connectivity index (χ0) is 59.8. The second-order valence-electron chi connectivity index (χ2n) is 20.8. The molecule has 12 heteroatoms. The fourth-order valence-electron chi connectivity index (χ4n) is 8.23. The monoisotopic (exact) mass is 1160 g/mol. The lowest BCUT2D eigenvalue weighted by molar-refractivity contribution is -0.161. The number of phosphoric acid groups is 1. The summed E-state index contributed by atoms with van der Waals surface area (Å²) in [7, 11) is -4.78. The highest BCUT2D eigenvalue weighted by atomic mass is 31.2. The number of rotatable bonds is 58. The smallest absolute Gasteiger partial charge is 0.462 e. The molecule has 0 bridgehead atoms. The van der Waals surface area contributed by atoms with Crippen molar-refractivity contribution in [2.24, 2.45) is 0 Å². The van der Waals surface area contributed by atoms with Crippen molar-refractivity contribution in [1.29, 1.82) is 0 Å². The van der Waals surface area contributed by atoms with Gasteiger partial charge in [-0.2, -0.15) is 0 Å². The van der Waals surface area contributed by atoms with E-state index in [4.69, 9.17) is 23.3 Å². The average Bonchev–Trinajstić information content (AvgIpc) is 3.47. The molecule has 0 aromatic rings. The van der Waals surface area contributed by atoms with Crippen LogP contribution in [0.1, 0.15) is 252 Å². The molecule has 0 saturated carbocycles. The van der Waals surface area contributed by atoms with Gasteiger partial charge in [0.25, 0.3) is 0 Å². The van der Waals surface area contributed by atoms with Gasteiger partial charge in [-0.3, -0.25) is 23.4 Å². The summed E-state index contributed by atoms with van der Waals surface area (Å²) in [5.74, 6) is -1.53. The SMILES string of the molecule is CC/C=C\C/C=C\C/C=C\C/C=C\CCCCCCCCC(=O)OCC(COP(=O)(O)OCC(CO)OC(=O)CCCCCC/C=C\C/C=C\C/C=C\C/C=C\CC)OC(=O)CCCCCCCC/C=C\C/C=C\C/C=C\CCCCC. The second-order valence-corrected chi connectivity index (χ2v) is 22.3. The van der Waals surface area contributed by atoms with Crippen molar-refractivity contribution in [3.63, 3.8) is 0 Å². The van der Waals surface area contributed by atoms with Crippen molar-refractivity contribution in [1.82, 2.24) is 0 Å². The summed E-state index contributed by atoms with van der Waals surface area (Å²) in [5, 5.41) is 9.85. The van der Waals surface area contributed by atoms with E-state index in [1.165, 1.54) is 25.7 Å². The summed E-state index contributed by atoms with van der Waals surface area (Å²) in [5.41, 5.74) is 0. The van der Waals surface area contributed by atoms with Crippen molar-refractivity contribution in [3.05, 3.63) is 134 Å². The van der Waals surface area contributed by atoms with Gasteiger partial charge in [-0.15, -0.1) is 0 Å². The molecule has 466 valence electrons. The molecule has 0 saturated heterocycles. The maximum Gasteiger partial charge on any atom is 0.472 e. The number of carbonyl (C=O) groups is 3. The highest BCUT2D eigenvalue weighted by Crippen LogP contribution is 2.43. The van der Waals surface area contributed by atoms with Crippen LogP contribution >= 0.6 is 7.82 Å². The molecule has 3 atom stereocenters. The molecule has 11 nitrogen and oxygen atoms in total. The van der Waals surface area contributed by atoms with Gasteiger partial charge in [0, 0.05) is 19.3 Å². The molecule has 0 aliphatic rings. The second kappa shape index (κ2) is 62.7. The fourth-order valence-corrected chi connectivity index (χ4v) is 9.01. The van der Waals surface area contributed by atoms with E-state index in [2.05, 4.69) is 154 Å². The Morgan fingerprint density at radius 2 is 0.634 bits per heavy atom. The van der Waals surface area contributed by atoms with Gasteiger partial charge in [0.1, 0.15) is 12.7 Å². The number of aliphatic hydroxyl groups excluding tert-OH is 1. The van der Waals surface area contributed by atoms with Crippen LogP contribution in [0.25, 0.3) is 0 Å². The third-order valence-electron chi connectivity index (χ3n) is 13.0. The lowest BCUT2D eigenvalue weighted by atomic mass is 10.1. The van der Waals surface area contributed by atoms with Crippen molar-refractivity contribution >= 4 is 25.7 Å². The number of unbranched alkanes of at least 4 members (excludes halogenated alkanes) is 19. The average molecular weight is 1160 g/mol. The van der Waals surface area contributed by atoms with E-state index in [1.807, 2.05) is 0 Å². The van der Waals surface area contributed by atoms with Crippen molar-refractivity contribution < 1.29 is 52.2 Å². The summed E-state index contributed by atoms with van der Waals surface area (Å²) < 4.78 is 39.7. The molecule has 0 amide bonds. The van der Waals surface area contributed by atoms with Crippen LogP contribution in [0.5, 0.6) is 0 Å². The van der Waals surface area contributed by atoms with Crippen LogP contribution in [0, 0.1) is 0 Å². The fraction of sp³-hybridized carbons (Fsp3) is 0.643. The molecule has 0 aliphatic heterocycles. The van der Waals surface area contributed by atoms with Crippen LogP contribution in [0.3, 0.4) is 0 Å². The van der Waals surface area contributed by atoms with Gasteiger partial charge in [-0.05, 0) is 135 Å². The third-order valence-corrected chi connectivity index (χ3v) is 14.0. The molecule has 2 N–H and O–H groups in total. The number of phosphoric ester groups is 1. The Hall–Kier alpha value is -4.38. The zero-order valence-electron chi connectivity index (χ0n) is 51.7. The molecule has 0 radical (unpaired) electrons. The minimum absolute atomic E-state index is 0.140. The van der Waals surface area contributed by atoms with Crippen LogP contribution in [-0.4, -0.2) is 66.5 Å². The molecule has 0 heterocycles. The Bertz CT molecular complexity index is 1890. The maximum atomic E-state index is 13.0. The lowest BCUT2D eigenvalue weighted by Crippen LogP contribution is -2.30. The standard InChI is InChI=1S/C70H115O11P/c1-4-7-10-13-16-19-22-25-28-31-33-36-38-41-44-47-50-53-56-59-68(72)77-63-67(81-70(74)61-58-55-52-49-46-43-40-37-34-32-29-26-23-20-17-14-11-8-5-2)65-79-82(75,76)78-64-66(62-71)80-69(73)60-57-54-51-48-45-42-39-35-30-27-24-21-18-15-12-9-6-3/h7,9-10,12,16-21,25-30,33-34,36-37,39,42,66-67,71H,4-6,8,11,13-15,22-24,31-32,35,38,40-41,43-65H2,1-3H3,(H,75,76)/b10-7-,12-9-,19-16-,20-17-,21-18-,28-25-,29-26-,30-27-,36-33-,37-34-,42-39-. The number of hydrogen-bond donors (Lipinski definition) is 2. The molecule has 0 aliphatic carbocycles. The van der Waals surface area contributed by atoms with Crippen LogP contribution in [0.15, 0.2) is 134 Å². The Balaban J connectivity index is 4.80. The minimum Gasteiger partial charge on any atom is -0.462 e. The van der Waals surface area contributed by atoms with E-state index < -0.39 is 57.8 Å². The van der Waals surface area contributed by atoms with E-state index >= 15 is 0 Å². The lowest BCUT2D eigenvalue weighted by Gasteiger charge is -2.21. The van der Waals surface area contributed by atoms with Gasteiger partial charge in [0.2, 0.25) is 0 Å². The van der Waals surface area contributed by atoms with Gasteiger partial charge in [0.15, 0.2) is 6.10 Å². The van der Waals surface area contributed by atoms with E-state index in [1.54, 1.807) is 0 Å². The molecular weight excluding hydrogens is 1050 g/mol. The van der Waals surface area contributed by atoms with Crippen LogP contribution < -0.4 is 0 Å². The number of hydrogen-bond acceptors (Lipinski definition) is 10. The van der Waals surface area contributed by atoms with Gasteiger partial charge in [-0.1, -0.05) is 231 Å². The molecule has 0 rings (SSSR count). The number of esters is 3. The maximum absolute atomic E-state index is 13.0. The first-order chi connectivity index (χ1) is 40.2. The Morgan fingerprint density at radius 1 is 0.354 bits per heavy atom. The van der Waals surface area contributed by atoms with Gasteiger partial charge in [-0.25, -0.2) is 4.57 Å². The summed E-state index contributed by atoms with van der Waals surface area (Å²) in [6.07, 6.45) is 79.6. The highest BCUT2D eigenvalue weighted by molar-refractivity contribution is 7.47. The summed E-state index contributed by atoms with van der Waals surface area (Å²) >= 11 is 0. The van der Waals surface area contributed by atoms with E-state index in [0.29, 0.717) is 19.3 Å². The van der Waals surface area contributed by atoms with E-state index in [-0.39, 0.29) is 25.9 Å². The minimum atomic E-state index is -4.78. The Labute approximate surface area is 500 Å². The Morgan fingerprint density at radius 3 is 0.976 bits per heavy atom. The number of carbonyl (C=O) groups excluding carboxylic acids is 3. The molecule has 0 aromatic heterocycles. The Kier molecular flexibility index (Phi) is 59.3. The van der Waals surface area contributed by atoms with Crippen molar-refractivity contribution in [2.75, 3.05) is 26.4 Å². The van der Waals surface area contributed by atoms with Crippen LogP contribution in [0.4, 0.5) is 0 Å². The van der Waals surface area contributed by atoms with E-state index in [9.17, 15) is 28.9 Å². The summed E-state index contributed by atoms with van der Waals surface area (Å²) in [6.45, 7) is 4.34. The van der Waals surface area contributed by atoms with Crippen molar-refractivity contribution in [2.45, 2.75) is 264 Å². The van der Waals surface area contributed by atoms with Gasteiger partial charge in [0.05, 0.1) is 19.8 Å². The van der Waals surface area contributed by atoms with E-state index in [0.717, 1.165) is 167 Å². The summed E-state index contributed by atoms with van der Waals surface area (Å²) in [6, 6.07) is 0. The predicted molar refractivity (Wildman–Crippen MR) is 343 cm³/mol. The first-order valence-corrected chi connectivity index (χ1v) is 33.6. The molecule has 0 fully saturated rings. The quantitative estimate of drug-likeness (QED) is 0.0197. The topological polar surface area (TPSA) is 155 Å². The van der Waals surface area contributed by atoms with Crippen LogP contribution in [0.2, 0.25) is 0 Å². The van der Waals surface area contributed by atoms with Crippen LogP contribution in [-0.2, 0) is 42.2 Å². The normalized spacial score (nSPS) is 14.2. The molecule has 3 unspecified atom stereocenters. The first-order valence-electron chi connectivity index (χ1n) is 32.1. The molecular formula is C70H115O11P.